The third kappa shape index (κ3) is 5.33. The van der Waals surface area contributed by atoms with Crippen LogP contribution >= 0.6 is 0 Å². The molecule has 6 nitrogen and oxygen atoms in total. The van der Waals surface area contributed by atoms with Crippen LogP contribution in [0.5, 0.6) is 0 Å². The predicted molar refractivity (Wildman–Crippen MR) is 98.6 cm³/mol. The van der Waals surface area contributed by atoms with E-state index < -0.39 is 0 Å². The van der Waals surface area contributed by atoms with Crippen LogP contribution in [-0.4, -0.2) is 86.9 Å². The van der Waals surface area contributed by atoms with E-state index in [0.29, 0.717) is 6.04 Å². The van der Waals surface area contributed by atoms with E-state index >= 15 is 0 Å². The molecule has 1 atom stereocenters. The van der Waals surface area contributed by atoms with Gasteiger partial charge in [0.1, 0.15) is 0 Å². The van der Waals surface area contributed by atoms with Crippen LogP contribution in [0, 0.1) is 0 Å². The Morgan fingerprint density at radius 2 is 1.92 bits per heavy atom. The molecule has 0 bridgehead atoms. The van der Waals surface area contributed by atoms with E-state index in [0.717, 1.165) is 57.9 Å². The SMILES string of the molecule is CCNC(=NCCN1CCOCC1)NC1CCN(C2CCCC2)C1. The zero-order valence-electron chi connectivity index (χ0n) is 15.3. The summed E-state index contributed by atoms with van der Waals surface area (Å²) in [7, 11) is 0. The van der Waals surface area contributed by atoms with Crippen molar-refractivity contribution in [3.05, 3.63) is 0 Å². The molecule has 0 amide bonds. The smallest absolute Gasteiger partial charge is 0.191 e. The minimum Gasteiger partial charge on any atom is -0.379 e. The molecule has 2 heterocycles. The predicted octanol–water partition coefficient (Wildman–Crippen LogP) is 0.891. The standard InChI is InChI=1S/C18H35N5O/c1-2-19-18(20-8-10-22-11-13-24-14-12-22)21-16-7-9-23(15-16)17-5-3-4-6-17/h16-17H,2-15H2,1H3,(H2,19,20,21). The largest absolute Gasteiger partial charge is 0.379 e. The molecule has 0 aromatic carbocycles. The number of hydrogen-bond donors (Lipinski definition) is 2. The van der Waals surface area contributed by atoms with Crippen LogP contribution < -0.4 is 10.6 Å². The number of nitrogens with one attached hydrogen (secondary N) is 2. The maximum Gasteiger partial charge on any atom is 0.191 e. The third-order valence-electron chi connectivity index (χ3n) is 5.54. The maximum absolute atomic E-state index is 5.40. The Morgan fingerprint density at radius 1 is 1.12 bits per heavy atom. The molecule has 0 radical (unpaired) electrons. The number of aliphatic imine (C=N–C) groups is 1. The molecule has 2 saturated heterocycles. The van der Waals surface area contributed by atoms with Gasteiger partial charge in [0.05, 0.1) is 19.8 Å². The molecular formula is C18H35N5O. The van der Waals surface area contributed by atoms with Crippen LogP contribution in [0.2, 0.25) is 0 Å². The van der Waals surface area contributed by atoms with Gasteiger partial charge in [-0.25, -0.2) is 0 Å². The van der Waals surface area contributed by atoms with E-state index in [2.05, 4.69) is 27.4 Å². The molecule has 0 aromatic heterocycles. The first-order valence-electron chi connectivity index (χ1n) is 9.94. The topological polar surface area (TPSA) is 52.1 Å². The quantitative estimate of drug-likeness (QED) is 0.557. The second kappa shape index (κ2) is 9.59. The molecule has 3 fully saturated rings. The van der Waals surface area contributed by atoms with Crippen LogP contribution in [0.3, 0.4) is 0 Å². The van der Waals surface area contributed by atoms with Crippen molar-refractivity contribution >= 4 is 5.96 Å². The second-order valence-corrected chi connectivity index (χ2v) is 7.28. The zero-order valence-corrected chi connectivity index (χ0v) is 15.3. The van der Waals surface area contributed by atoms with Crippen molar-refractivity contribution in [2.24, 2.45) is 4.99 Å². The number of morpholine rings is 1. The van der Waals surface area contributed by atoms with Gasteiger partial charge in [-0.15, -0.1) is 0 Å². The first-order valence-corrected chi connectivity index (χ1v) is 9.94. The van der Waals surface area contributed by atoms with Crippen molar-refractivity contribution in [2.75, 3.05) is 59.0 Å². The van der Waals surface area contributed by atoms with Gasteiger partial charge >= 0.3 is 0 Å². The molecule has 0 spiro atoms. The average Bonchev–Trinajstić information content (AvgIpc) is 3.27. The molecule has 1 unspecified atom stereocenters. The van der Waals surface area contributed by atoms with E-state index in [9.17, 15) is 0 Å². The number of ether oxygens (including phenoxy) is 1. The van der Waals surface area contributed by atoms with Gasteiger partial charge < -0.3 is 15.4 Å². The van der Waals surface area contributed by atoms with Crippen molar-refractivity contribution in [3.8, 4) is 0 Å². The van der Waals surface area contributed by atoms with Crippen molar-refractivity contribution in [3.63, 3.8) is 0 Å². The lowest BCUT2D eigenvalue weighted by molar-refractivity contribution is 0.0394. The number of rotatable bonds is 6. The minimum absolute atomic E-state index is 0.548. The molecule has 1 aliphatic carbocycles. The first kappa shape index (κ1) is 18.0. The summed E-state index contributed by atoms with van der Waals surface area (Å²) in [5, 5.41) is 7.07. The number of nitrogens with zero attached hydrogens (tertiary/aromatic N) is 3. The highest BCUT2D eigenvalue weighted by Crippen LogP contribution is 2.26. The summed E-state index contributed by atoms with van der Waals surface area (Å²) in [6, 6.07) is 1.39. The van der Waals surface area contributed by atoms with Crippen molar-refractivity contribution in [1.29, 1.82) is 0 Å². The molecule has 1 saturated carbocycles. The van der Waals surface area contributed by atoms with Crippen LogP contribution in [0.1, 0.15) is 39.0 Å². The Labute approximate surface area is 147 Å². The van der Waals surface area contributed by atoms with Gasteiger partial charge in [-0.2, -0.15) is 0 Å². The molecule has 2 N–H and O–H groups in total. The summed E-state index contributed by atoms with van der Waals surface area (Å²) < 4.78 is 5.40. The van der Waals surface area contributed by atoms with E-state index in [4.69, 9.17) is 9.73 Å². The van der Waals surface area contributed by atoms with Crippen LogP contribution in [0.25, 0.3) is 0 Å². The Bertz CT molecular complexity index is 391. The van der Waals surface area contributed by atoms with Crippen LogP contribution in [0.15, 0.2) is 4.99 Å². The lowest BCUT2D eigenvalue weighted by Gasteiger charge is -2.26. The Hall–Kier alpha value is -0.850. The van der Waals surface area contributed by atoms with Gasteiger partial charge in [0, 0.05) is 51.4 Å². The highest BCUT2D eigenvalue weighted by atomic mass is 16.5. The fourth-order valence-corrected chi connectivity index (χ4v) is 4.15. The van der Waals surface area contributed by atoms with E-state index in [1.54, 1.807) is 0 Å². The minimum atomic E-state index is 0.548. The second-order valence-electron chi connectivity index (χ2n) is 7.28. The molecular weight excluding hydrogens is 302 g/mol. The number of guanidine groups is 1. The summed E-state index contributed by atoms with van der Waals surface area (Å²) in [4.78, 5) is 9.92. The molecule has 24 heavy (non-hydrogen) atoms. The van der Waals surface area contributed by atoms with Crippen molar-refractivity contribution in [1.82, 2.24) is 20.4 Å². The van der Waals surface area contributed by atoms with Gasteiger partial charge in [0.25, 0.3) is 0 Å². The highest BCUT2D eigenvalue weighted by Gasteiger charge is 2.30. The lowest BCUT2D eigenvalue weighted by atomic mass is 10.2. The summed E-state index contributed by atoms with van der Waals surface area (Å²) in [6.07, 6.45) is 6.89. The molecule has 138 valence electrons. The summed E-state index contributed by atoms with van der Waals surface area (Å²) in [5.41, 5.74) is 0. The van der Waals surface area contributed by atoms with Gasteiger partial charge in [0.15, 0.2) is 5.96 Å². The summed E-state index contributed by atoms with van der Waals surface area (Å²) >= 11 is 0. The van der Waals surface area contributed by atoms with E-state index in [-0.39, 0.29) is 0 Å². The van der Waals surface area contributed by atoms with Crippen LogP contribution in [-0.2, 0) is 4.74 Å². The fourth-order valence-electron chi connectivity index (χ4n) is 4.15. The average molecular weight is 338 g/mol. The van der Waals surface area contributed by atoms with E-state index in [1.807, 2.05) is 0 Å². The first-order chi connectivity index (χ1) is 11.8. The van der Waals surface area contributed by atoms with Crippen LogP contribution in [0.4, 0.5) is 0 Å². The van der Waals surface area contributed by atoms with Gasteiger partial charge in [-0.05, 0) is 26.2 Å². The third-order valence-corrected chi connectivity index (χ3v) is 5.54. The van der Waals surface area contributed by atoms with Gasteiger partial charge in [0.2, 0.25) is 0 Å². The van der Waals surface area contributed by atoms with Gasteiger partial charge in [-0.1, -0.05) is 12.8 Å². The molecule has 6 heteroatoms. The zero-order chi connectivity index (χ0) is 16.6. The summed E-state index contributed by atoms with van der Waals surface area (Å²) in [6.45, 7) is 11.2. The Balaban J connectivity index is 1.42. The summed E-state index contributed by atoms with van der Waals surface area (Å²) in [5.74, 6) is 0.990. The van der Waals surface area contributed by atoms with Crippen molar-refractivity contribution < 1.29 is 4.74 Å². The number of hydrogen-bond acceptors (Lipinski definition) is 4. The molecule has 3 rings (SSSR count). The lowest BCUT2D eigenvalue weighted by Crippen LogP contribution is -2.45. The Morgan fingerprint density at radius 3 is 2.67 bits per heavy atom. The highest BCUT2D eigenvalue weighted by molar-refractivity contribution is 5.80. The maximum atomic E-state index is 5.40. The van der Waals surface area contributed by atoms with Crippen molar-refractivity contribution in [2.45, 2.75) is 51.1 Å². The molecule has 3 aliphatic rings. The molecule has 2 aliphatic heterocycles. The van der Waals surface area contributed by atoms with E-state index in [1.165, 1.54) is 45.2 Å². The molecule has 0 aromatic rings. The Kier molecular flexibility index (Phi) is 7.17. The van der Waals surface area contributed by atoms with Gasteiger partial charge in [-0.3, -0.25) is 14.8 Å². The monoisotopic (exact) mass is 337 g/mol. The normalized spacial score (nSPS) is 27.7. The number of likely N-dealkylation sites (tertiary alicyclic amines) is 1. The fraction of sp³-hybridized carbons (Fsp3) is 0.944.